The summed E-state index contributed by atoms with van der Waals surface area (Å²) in [7, 11) is 2.16. The fraction of sp³-hybridized carbons (Fsp3) is 0.375. The number of esters is 1. The standard InChI is InChI=1S/C24H27NO5S2/c1-25(11-5-13-29-19-7-2-6-18(26)16-19)12-10-20(17-25)30-23(27)24(28,21-8-3-14-31-21)22-9-4-15-32-22/h2-4,6-9,14-16,20,28H,5,10-13,17H2,1H3/p+1/t20-,25?/m0/s1. The van der Waals surface area contributed by atoms with Crippen LogP contribution in [-0.4, -0.2) is 60.1 Å². The third kappa shape index (κ3) is 4.99. The number of thiophene rings is 2. The predicted octanol–water partition coefficient (Wildman–Crippen LogP) is 3.98. The Morgan fingerprint density at radius 2 is 1.88 bits per heavy atom. The summed E-state index contributed by atoms with van der Waals surface area (Å²) in [5, 5.41) is 24.6. The third-order valence-electron chi connectivity index (χ3n) is 5.89. The smallest absolute Gasteiger partial charge is 0.349 e. The molecule has 0 bridgehead atoms. The van der Waals surface area contributed by atoms with Gasteiger partial charge in [-0.05, 0) is 35.0 Å². The Kier molecular flexibility index (Phi) is 6.85. The number of phenolic OH excluding ortho intramolecular Hbond substituents is 1. The van der Waals surface area contributed by atoms with E-state index in [-0.39, 0.29) is 11.9 Å². The number of likely N-dealkylation sites (tertiary alicyclic amines) is 1. The highest BCUT2D eigenvalue weighted by atomic mass is 32.1. The number of benzene rings is 1. The van der Waals surface area contributed by atoms with E-state index in [2.05, 4.69) is 7.05 Å². The van der Waals surface area contributed by atoms with E-state index in [1.165, 1.54) is 22.7 Å². The molecular weight excluding hydrogens is 446 g/mol. The quantitative estimate of drug-likeness (QED) is 0.279. The summed E-state index contributed by atoms with van der Waals surface area (Å²) in [4.78, 5) is 14.3. The van der Waals surface area contributed by atoms with Gasteiger partial charge < -0.3 is 24.2 Å². The van der Waals surface area contributed by atoms with E-state index in [0.717, 1.165) is 30.4 Å². The molecule has 2 aromatic heterocycles. The van der Waals surface area contributed by atoms with Gasteiger partial charge >= 0.3 is 5.97 Å². The highest BCUT2D eigenvalue weighted by Crippen LogP contribution is 2.37. The largest absolute Gasteiger partial charge is 0.508 e. The Labute approximate surface area is 195 Å². The normalized spacial score (nSPS) is 20.9. The topological polar surface area (TPSA) is 76.0 Å². The minimum Gasteiger partial charge on any atom is -0.508 e. The molecule has 1 fully saturated rings. The lowest BCUT2D eigenvalue weighted by molar-refractivity contribution is -0.899. The lowest BCUT2D eigenvalue weighted by atomic mass is 10.00. The van der Waals surface area contributed by atoms with E-state index in [0.29, 0.717) is 28.7 Å². The molecule has 0 aliphatic carbocycles. The number of carbonyl (C=O) groups is 1. The van der Waals surface area contributed by atoms with Crippen LogP contribution in [-0.2, 0) is 15.1 Å². The number of nitrogens with zero attached hydrogens (tertiary/aromatic N) is 1. The van der Waals surface area contributed by atoms with Gasteiger partial charge in [0.05, 0.1) is 36.5 Å². The summed E-state index contributed by atoms with van der Waals surface area (Å²) in [6.45, 7) is 3.06. The van der Waals surface area contributed by atoms with E-state index < -0.39 is 11.6 Å². The average molecular weight is 475 g/mol. The molecule has 0 spiro atoms. The molecule has 2 N–H and O–H groups in total. The molecule has 1 aliphatic heterocycles. The van der Waals surface area contributed by atoms with Gasteiger partial charge in [0.15, 0.2) is 6.10 Å². The number of hydrogen-bond acceptors (Lipinski definition) is 7. The first-order valence-electron chi connectivity index (χ1n) is 10.7. The van der Waals surface area contributed by atoms with Crippen molar-refractivity contribution in [1.29, 1.82) is 0 Å². The van der Waals surface area contributed by atoms with Crippen molar-refractivity contribution in [3.63, 3.8) is 0 Å². The molecule has 6 nitrogen and oxygen atoms in total. The van der Waals surface area contributed by atoms with E-state index in [9.17, 15) is 15.0 Å². The Bertz CT molecular complexity index is 987. The Morgan fingerprint density at radius 1 is 1.16 bits per heavy atom. The highest BCUT2D eigenvalue weighted by Gasteiger charge is 2.46. The second-order valence-electron chi connectivity index (χ2n) is 8.43. The van der Waals surface area contributed by atoms with Gasteiger partial charge in [-0.1, -0.05) is 18.2 Å². The zero-order valence-electron chi connectivity index (χ0n) is 18.0. The maximum Gasteiger partial charge on any atom is 0.349 e. The molecule has 1 aromatic carbocycles. The van der Waals surface area contributed by atoms with Crippen LogP contribution in [0.1, 0.15) is 22.6 Å². The summed E-state index contributed by atoms with van der Waals surface area (Å²) < 4.78 is 12.4. The third-order valence-corrected chi connectivity index (χ3v) is 7.85. The maximum atomic E-state index is 13.2. The van der Waals surface area contributed by atoms with Crippen LogP contribution in [0.25, 0.3) is 0 Å². The number of aliphatic hydroxyl groups is 1. The summed E-state index contributed by atoms with van der Waals surface area (Å²) >= 11 is 2.70. The second-order valence-corrected chi connectivity index (χ2v) is 10.3. The van der Waals surface area contributed by atoms with Crippen LogP contribution in [0.3, 0.4) is 0 Å². The van der Waals surface area contributed by atoms with Crippen molar-refractivity contribution in [1.82, 2.24) is 0 Å². The maximum absolute atomic E-state index is 13.2. The first kappa shape index (κ1) is 22.8. The molecule has 0 amide bonds. The van der Waals surface area contributed by atoms with Crippen molar-refractivity contribution in [2.45, 2.75) is 24.5 Å². The van der Waals surface area contributed by atoms with Crippen LogP contribution in [0.2, 0.25) is 0 Å². The molecule has 1 unspecified atom stereocenters. The van der Waals surface area contributed by atoms with Crippen molar-refractivity contribution in [2.75, 3.05) is 33.3 Å². The average Bonchev–Trinajstić information content (AvgIpc) is 3.54. The molecule has 3 heterocycles. The molecule has 0 saturated carbocycles. The van der Waals surface area contributed by atoms with Gasteiger partial charge in [-0.2, -0.15) is 0 Å². The van der Waals surface area contributed by atoms with E-state index >= 15 is 0 Å². The van der Waals surface area contributed by atoms with Gasteiger partial charge in [0.25, 0.3) is 0 Å². The van der Waals surface area contributed by atoms with Crippen LogP contribution in [0.15, 0.2) is 59.3 Å². The van der Waals surface area contributed by atoms with Crippen LogP contribution in [0.5, 0.6) is 11.5 Å². The number of hydrogen-bond donors (Lipinski definition) is 2. The van der Waals surface area contributed by atoms with Crippen LogP contribution in [0.4, 0.5) is 0 Å². The molecule has 1 saturated heterocycles. The lowest BCUT2D eigenvalue weighted by Crippen LogP contribution is -2.45. The van der Waals surface area contributed by atoms with Gasteiger partial charge in [-0.3, -0.25) is 0 Å². The molecule has 32 heavy (non-hydrogen) atoms. The summed E-state index contributed by atoms with van der Waals surface area (Å²) in [6, 6.07) is 14.0. The van der Waals surface area contributed by atoms with Crippen molar-refractivity contribution in [3.05, 3.63) is 69.0 Å². The van der Waals surface area contributed by atoms with Gasteiger partial charge in [0, 0.05) is 18.9 Å². The van der Waals surface area contributed by atoms with Crippen LogP contribution >= 0.6 is 22.7 Å². The summed E-state index contributed by atoms with van der Waals surface area (Å²) in [5.74, 6) is 0.242. The van der Waals surface area contributed by atoms with E-state index in [1.807, 2.05) is 29.0 Å². The molecule has 170 valence electrons. The molecule has 2 atom stereocenters. The fourth-order valence-corrected chi connectivity index (χ4v) is 5.88. The molecule has 0 radical (unpaired) electrons. The van der Waals surface area contributed by atoms with Crippen LogP contribution in [0, 0.1) is 0 Å². The molecule has 3 aromatic rings. The minimum absolute atomic E-state index is 0.191. The van der Waals surface area contributed by atoms with Gasteiger partial charge in [-0.25, -0.2) is 4.79 Å². The zero-order valence-corrected chi connectivity index (χ0v) is 19.6. The van der Waals surface area contributed by atoms with Crippen molar-refractivity contribution < 1.29 is 29.0 Å². The highest BCUT2D eigenvalue weighted by molar-refractivity contribution is 7.12. The SMILES string of the molecule is C[N+]1(CCCOc2cccc(O)c2)CC[C@H](OC(=O)C(O)(c2cccs2)c2cccs2)C1. The van der Waals surface area contributed by atoms with Crippen molar-refractivity contribution in [3.8, 4) is 11.5 Å². The number of phenols is 1. The Morgan fingerprint density at radius 3 is 2.50 bits per heavy atom. The number of carbonyl (C=O) groups excluding carboxylic acids is 1. The second kappa shape index (κ2) is 9.62. The van der Waals surface area contributed by atoms with Gasteiger partial charge in [0.2, 0.25) is 5.60 Å². The zero-order chi connectivity index (χ0) is 22.6. The molecular formula is C24H28NO5S2+. The number of aromatic hydroxyl groups is 1. The summed E-state index contributed by atoms with van der Waals surface area (Å²) in [5.41, 5.74) is -1.76. The molecule has 8 heteroatoms. The minimum atomic E-state index is -1.76. The Balaban J connectivity index is 1.32. The van der Waals surface area contributed by atoms with Gasteiger partial charge in [-0.15, -0.1) is 22.7 Å². The first-order valence-corrected chi connectivity index (χ1v) is 12.4. The van der Waals surface area contributed by atoms with Crippen molar-refractivity contribution >= 4 is 28.6 Å². The monoisotopic (exact) mass is 474 g/mol. The number of rotatable bonds is 9. The van der Waals surface area contributed by atoms with Gasteiger partial charge in [0.1, 0.15) is 18.0 Å². The number of likely N-dealkylation sites (N-methyl/N-ethyl adjacent to an activating group) is 1. The predicted molar refractivity (Wildman–Crippen MR) is 125 cm³/mol. The molecule has 4 rings (SSSR count). The number of ether oxygens (including phenoxy) is 2. The summed E-state index contributed by atoms with van der Waals surface area (Å²) in [6.07, 6.45) is 1.38. The first-order chi connectivity index (χ1) is 15.4. The Hall–Kier alpha value is -2.39. The van der Waals surface area contributed by atoms with Crippen LogP contribution < -0.4 is 4.74 Å². The number of quaternary nitrogens is 1. The van der Waals surface area contributed by atoms with E-state index in [4.69, 9.17) is 9.47 Å². The van der Waals surface area contributed by atoms with E-state index in [1.54, 1.807) is 30.3 Å². The lowest BCUT2D eigenvalue weighted by Gasteiger charge is -2.30. The van der Waals surface area contributed by atoms with Crippen molar-refractivity contribution in [2.24, 2.45) is 0 Å². The fourth-order valence-electron chi connectivity index (χ4n) is 4.17. The molecule has 1 aliphatic rings.